The molecule has 5 nitrogen and oxygen atoms in total. The van der Waals surface area contributed by atoms with E-state index in [0.717, 1.165) is 21.2 Å². The van der Waals surface area contributed by atoms with Crippen molar-refractivity contribution < 1.29 is 19.1 Å². The third-order valence-electron chi connectivity index (χ3n) is 2.92. The van der Waals surface area contributed by atoms with Crippen LogP contribution in [0.1, 0.15) is 48.3 Å². The third kappa shape index (κ3) is 4.50. The second kappa shape index (κ2) is 8.28. The number of ether oxygens (including phenoxy) is 2. The zero-order chi connectivity index (χ0) is 15.1. The standard InChI is InChI=1S/C14H20INO4/c1-4-19-11(17)8-6-7-10-9(3)12(16-13(10)15)14(18)20-5-2/h16H,4-8H2,1-3H3. The van der Waals surface area contributed by atoms with Gasteiger partial charge in [-0.1, -0.05) is 0 Å². The van der Waals surface area contributed by atoms with Crippen LogP contribution in [0.2, 0.25) is 0 Å². The first-order chi connectivity index (χ1) is 9.51. The molecule has 0 saturated carbocycles. The zero-order valence-corrected chi connectivity index (χ0v) is 14.2. The van der Waals surface area contributed by atoms with Crippen LogP contribution in [0.15, 0.2) is 0 Å². The monoisotopic (exact) mass is 393 g/mol. The summed E-state index contributed by atoms with van der Waals surface area (Å²) >= 11 is 2.16. The lowest BCUT2D eigenvalue weighted by Gasteiger charge is -2.03. The van der Waals surface area contributed by atoms with Gasteiger partial charge >= 0.3 is 11.9 Å². The van der Waals surface area contributed by atoms with E-state index in [0.29, 0.717) is 31.7 Å². The highest BCUT2D eigenvalue weighted by Gasteiger charge is 2.18. The Kier molecular flexibility index (Phi) is 7.04. The van der Waals surface area contributed by atoms with E-state index in [1.165, 1.54) is 0 Å². The fraction of sp³-hybridized carbons (Fsp3) is 0.571. The summed E-state index contributed by atoms with van der Waals surface area (Å²) < 4.78 is 10.8. The average Bonchev–Trinajstić information content (AvgIpc) is 2.67. The molecule has 0 spiro atoms. The van der Waals surface area contributed by atoms with E-state index < -0.39 is 0 Å². The van der Waals surface area contributed by atoms with Gasteiger partial charge in [-0.2, -0.15) is 0 Å². The maximum absolute atomic E-state index is 11.8. The van der Waals surface area contributed by atoms with Gasteiger partial charge in [-0.05, 0) is 67.3 Å². The number of hydrogen-bond acceptors (Lipinski definition) is 4. The number of aromatic amines is 1. The zero-order valence-electron chi connectivity index (χ0n) is 12.0. The lowest BCUT2D eigenvalue weighted by atomic mass is 10.1. The van der Waals surface area contributed by atoms with Crippen molar-refractivity contribution in [3.8, 4) is 0 Å². The number of carbonyl (C=O) groups excluding carboxylic acids is 2. The topological polar surface area (TPSA) is 68.4 Å². The second-order valence-corrected chi connectivity index (χ2v) is 5.38. The highest BCUT2D eigenvalue weighted by atomic mass is 127. The van der Waals surface area contributed by atoms with E-state index in [2.05, 4.69) is 27.6 Å². The fourth-order valence-electron chi connectivity index (χ4n) is 1.94. The molecule has 0 bridgehead atoms. The van der Waals surface area contributed by atoms with E-state index in [9.17, 15) is 9.59 Å². The molecule has 0 amide bonds. The smallest absolute Gasteiger partial charge is 0.355 e. The van der Waals surface area contributed by atoms with Gasteiger partial charge in [0.1, 0.15) is 5.69 Å². The number of halogens is 1. The summed E-state index contributed by atoms with van der Waals surface area (Å²) in [6, 6.07) is 0. The molecule has 0 aliphatic rings. The van der Waals surface area contributed by atoms with E-state index >= 15 is 0 Å². The van der Waals surface area contributed by atoms with Crippen LogP contribution < -0.4 is 0 Å². The Morgan fingerprint density at radius 1 is 1.20 bits per heavy atom. The molecule has 20 heavy (non-hydrogen) atoms. The quantitative estimate of drug-likeness (QED) is 0.571. The van der Waals surface area contributed by atoms with Crippen molar-refractivity contribution in [3.05, 3.63) is 20.5 Å². The van der Waals surface area contributed by atoms with Crippen molar-refractivity contribution in [2.45, 2.75) is 40.0 Å². The molecule has 6 heteroatoms. The SMILES string of the molecule is CCOC(=O)CCCc1c(I)[nH]c(C(=O)OCC)c1C. The van der Waals surface area contributed by atoms with Gasteiger partial charge in [-0.25, -0.2) is 4.79 Å². The summed E-state index contributed by atoms with van der Waals surface area (Å²) in [6.07, 6.45) is 1.83. The molecule has 0 saturated heterocycles. The minimum atomic E-state index is -0.334. The summed E-state index contributed by atoms with van der Waals surface area (Å²) in [6.45, 7) is 6.23. The minimum Gasteiger partial charge on any atom is -0.466 e. The van der Waals surface area contributed by atoms with Gasteiger partial charge in [0.05, 0.1) is 16.9 Å². The van der Waals surface area contributed by atoms with Crippen LogP contribution in [0.5, 0.6) is 0 Å². The van der Waals surface area contributed by atoms with E-state index in [1.54, 1.807) is 13.8 Å². The number of H-pyrrole nitrogens is 1. The summed E-state index contributed by atoms with van der Waals surface area (Å²) in [5.74, 6) is -0.513. The Morgan fingerprint density at radius 3 is 2.45 bits per heavy atom. The van der Waals surface area contributed by atoms with E-state index in [1.807, 2.05) is 6.92 Å². The molecule has 0 fully saturated rings. The number of carbonyl (C=O) groups is 2. The van der Waals surface area contributed by atoms with Crippen LogP contribution >= 0.6 is 22.6 Å². The van der Waals surface area contributed by atoms with Crippen LogP contribution in [0.3, 0.4) is 0 Å². The first-order valence-corrected chi connectivity index (χ1v) is 7.78. The molecular weight excluding hydrogens is 373 g/mol. The lowest BCUT2D eigenvalue weighted by Crippen LogP contribution is -2.07. The van der Waals surface area contributed by atoms with Gasteiger partial charge in [0.2, 0.25) is 0 Å². The highest BCUT2D eigenvalue weighted by Crippen LogP contribution is 2.22. The molecular formula is C14H20INO4. The lowest BCUT2D eigenvalue weighted by molar-refractivity contribution is -0.143. The Morgan fingerprint density at radius 2 is 1.85 bits per heavy atom. The fourth-order valence-corrected chi connectivity index (χ4v) is 2.89. The second-order valence-electron chi connectivity index (χ2n) is 4.30. The van der Waals surface area contributed by atoms with E-state index in [4.69, 9.17) is 9.47 Å². The first kappa shape index (κ1) is 17.0. The van der Waals surface area contributed by atoms with Crippen molar-refractivity contribution in [1.29, 1.82) is 0 Å². The van der Waals surface area contributed by atoms with Gasteiger partial charge in [-0.15, -0.1) is 0 Å². The molecule has 1 heterocycles. The largest absolute Gasteiger partial charge is 0.466 e. The van der Waals surface area contributed by atoms with Crippen molar-refractivity contribution in [1.82, 2.24) is 4.98 Å². The Bertz CT molecular complexity index is 482. The van der Waals surface area contributed by atoms with Crippen LogP contribution in [-0.2, 0) is 20.7 Å². The predicted octanol–water partition coefficient (Wildman–Crippen LogP) is 2.99. The molecule has 0 aliphatic heterocycles. The molecule has 1 aromatic rings. The number of nitrogens with one attached hydrogen (secondary N) is 1. The summed E-state index contributed by atoms with van der Waals surface area (Å²) in [4.78, 5) is 26.1. The number of esters is 2. The summed E-state index contributed by atoms with van der Waals surface area (Å²) in [5.41, 5.74) is 2.47. The minimum absolute atomic E-state index is 0.179. The van der Waals surface area contributed by atoms with Gasteiger partial charge in [0.15, 0.2) is 0 Å². The van der Waals surface area contributed by atoms with Gasteiger partial charge in [0.25, 0.3) is 0 Å². The van der Waals surface area contributed by atoms with Gasteiger partial charge in [0, 0.05) is 6.42 Å². The van der Waals surface area contributed by atoms with Crippen molar-refractivity contribution in [2.75, 3.05) is 13.2 Å². The molecule has 0 radical (unpaired) electrons. The van der Waals surface area contributed by atoms with Crippen LogP contribution in [0, 0.1) is 10.6 Å². The highest BCUT2D eigenvalue weighted by molar-refractivity contribution is 14.1. The molecule has 0 unspecified atom stereocenters. The van der Waals surface area contributed by atoms with Crippen LogP contribution in [-0.4, -0.2) is 30.1 Å². The van der Waals surface area contributed by atoms with Crippen LogP contribution in [0.25, 0.3) is 0 Å². The van der Waals surface area contributed by atoms with Crippen molar-refractivity contribution in [3.63, 3.8) is 0 Å². The average molecular weight is 393 g/mol. The van der Waals surface area contributed by atoms with Crippen LogP contribution in [0.4, 0.5) is 0 Å². The maximum atomic E-state index is 11.8. The number of aromatic nitrogens is 1. The molecule has 1 aromatic heterocycles. The van der Waals surface area contributed by atoms with E-state index in [-0.39, 0.29) is 11.9 Å². The molecule has 0 aliphatic carbocycles. The number of hydrogen-bond donors (Lipinski definition) is 1. The first-order valence-electron chi connectivity index (χ1n) is 6.70. The molecule has 0 atom stereocenters. The summed E-state index contributed by atoms with van der Waals surface area (Å²) in [7, 11) is 0. The maximum Gasteiger partial charge on any atom is 0.355 e. The normalized spacial score (nSPS) is 10.4. The summed E-state index contributed by atoms with van der Waals surface area (Å²) in [5, 5.41) is 0. The molecule has 112 valence electrons. The Labute approximate surface area is 132 Å². The van der Waals surface area contributed by atoms with Gasteiger partial charge < -0.3 is 14.5 Å². The van der Waals surface area contributed by atoms with Gasteiger partial charge in [-0.3, -0.25) is 4.79 Å². The predicted molar refractivity (Wildman–Crippen MR) is 83.8 cm³/mol. The number of rotatable bonds is 7. The van der Waals surface area contributed by atoms with Crippen molar-refractivity contribution >= 4 is 34.5 Å². The van der Waals surface area contributed by atoms with Crippen molar-refractivity contribution in [2.24, 2.45) is 0 Å². The molecule has 0 aromatic carbocycles. The molecule has 1 N–H and O–H groups in total. The molecule has 1 rings (SSSR count). The Balaban J connectivity index is 2.67. The Hall–Kier alpha value is -1.05. The third-order valence-corrected chi connectivity index (χ3v) is 3.84.